The fourth-order valence-corrected chi connectivity index (χ4v) is 2.38. The van der Waals surface area contributed by atoms with Crippen LogP contribution in [-0.2, 0) is 26.0 Å². The van der Waals surface area contributed by atoms with E-state index in [0.29, 0.717) is 23.0 Å². The van der Waals surface area contributed by atoms with E-state index in [1.807, 2.05) is 6.92 Å². The molecule has 0 aromatic carbocycles. The molecule has 0 saturated carbocycles. The lowest BCUT2D eigenvalue weighted by molar-refractivity contribution is 0.651. The van der Waals surface area contributed by atoms with Crippen molar-refractivity contribution in [2.24, 2.45) is 14.1 Å². The van der Waals surface area contributed by atoms with Gasteiger partial charge in [0, 0.05) is 20.6 Å². The molecule has 2 aromatic heterocycles. The Labute approximate surface area is 106 Å². The maximum absolute atomic E-state index is 12.0. The number of nitrogens with zero attached hydrogens (tertiary/aromatic N) is 4. The van der Waals surface area contributed by atoms with Crippen molar-refractivity contribution in [3.05, 3.63) is 26.7 Å². The third-order valence-electron chi connectivity index (χ3n) is 2.89. The van der Waals surface area contributed by atoms with E-state index in [1.54, 1.807) is 11.6 Å². The van der Waals surface area contributed by atoms with Gasteiger partial charge in [-0.2, -0.15) is 0 Å². The van der Waals surface area contributed by atoms with Crippen LogP contribution in [0.5, 0.6) is 0 Å². The first-order valence-corrected chi connectivity index (χ1v) is 6.36. The average Bonchev–Trinajstić information content (AvgIpc) is 2.64. The number of alkyl halides is 1. The Kier molecular flexibility index (Phi) is 2.94. The summed E-state index contributed by atoms with van der Waals surface area (Å²) >= 11 is 3.31. The maximum atomic E-state index is 12.0. The number of imidazole rings is 1. The topological polar surface area (TPSA) is 61.8 Å². The fraction of sp³-hybridized carbons (Fsp3) is 0.500. The Morgan fingerprint density at radius 2 is 1.88 bits per heavy atom. The van der Waals surface area contributed by atoms with Gasteiger partial charge >= 0.3 is 5.69 Å². The number of hydrogen-bond donors (Lipinski definition) is 0. The zero-order chi connectivity index (χ0) is 12.7. The Bertz CT molecular complexity index is 695. The Hall–Kier alpha value is -1.37. The minimum atomic E-state index is -0.329. The number of hydrogen-bond acceptors (Lipinski definition) is 3. The molecular weight excluding hydrogens is 288 g/mol. The van der Waals surface area contributed by atoms with Gasteiger partial charge in [0.15, 0.2) is 11.2 Å². The van der Waals surface area contributed by atoms with Crippen LogP contribution in [0.4, 0.5) is 0 Å². The van der Waals surface area contributed by atoms with Crippen LogP contribution in [0.3, 0.4) is 0 Å². The molecule has 7 heteroatoms. The molecule has 0 fully saturated rings. The second kappa shape index (κ2) is 4.14. The zero-order valence-corrected chi connectivity index (χ0v) is 11.5. The third-order valence-corrected chi connectivity index (χ3v) is 3.39. The van der Waals surface area contributed by atoms with Gasteiger partial charge in [-0.25, -0.2) is 9.78 Å². The number of halogens is 1. The number of aromatic nitrogens is 4. The highest BCUT2D eigenvalue weighted by Gasteiger charge is 2.16. The van der Waals surface area contributed by atoms with E-state index in [9.17, 15) is 9.59 Å². The lowest BCUT2D eigenvalue weighted by atomic mass is 10.5. The van der Waals surface area contributed by atoms with Crippen molar-refractivity contribution in [1.29, 1.82) is 0 Å². The van der Waals surface area contributed by atoms with Crippen LogP contribution in [0.1, 0.15) is 12.7 Å². The molecule has 0 spiro atoms. The van der Waals surface area contributed by atoms with Crippen LogP contribution in [0.15, 0.2) is 9.59 Å². The van der Waals surface area contributed by atoms with E-state index in [2.05, 4.69) is 20.9 Å². The summed E-state index contributed by atoms with van der Waals surface area (Å²) in [6, 6.07) is 0. The van der Waals surface area contributed by atoms with Gasteiger partial charge in [-0.3, -0.25) is 13.9 Å². The Morgan fingerprint density at radius 3 is 2.41 bits per heavy atom. The number of fused-ring (bicyclic) bond motifs is 1. The van der Waals surface area contributed by atoms with Crippen molar-refractivity contribution in [3.8, 4) is 0 Å². The van der Waals surface area contributed by atoms with E-state index in [4.69, 9.17) is 0 Å². The highest BCUT2D eigenvalue weighted by Crippen LogP contribution is 2.11. The molecule has 0 radical (unpaired) electrons. The summed E-state index contributed by atoms with van der Waals surface area (Å²) in [5.74, 6) is 0.727. The molecular formula is C10H13BrN4O2. The molecule has 6 nitrogen and oxygen atoms in total. The standard InChI is InChI=1S/C10H13BrN4O2/c1-4-15-8-7(9(16)14(3)10(15)17)13(2)6(5-11)12-8/h4-5H2,1-3H3. The minimum Gasteiger partial charge on any atom is -0.325 e. The summed E-state index contributed by atoms with van der Waals surface area (Å²) in [5.41, 5.74) is 0.280. The van der Waals surface area contributed by atoms with Gasteiger partial charge in [0.2, 0.25) is 0 Å². The second-order valence-corrected chi connectivity index (χ2v) is 4.34. The van der Waals surface area contributed by atoms with Gasteiger partial charge in [0.05, 0.1) is 5.33 Å². The average molecular weight is 301 g/mol. The van der Waals surface area contributed by atoms with Crippen LogP contribution >= 0.6 is 15.9 Å². The summed E-state index contributed by atoms with van der Waals surface area (Å²) in [6.07, 6.45) is 0. The highest BCUT2D eigenvalue weighted by molar-refractivity contribution is 9.08. The zero-order valence-electron chi connectivity index (χ0n) is 9.90. The molecule has 0 amide bonds. The molecule has 2 heterocycles. The Balaban J connectivity index is 3.10. The highest BCUT2D eigenvalue weighted by atomic mass is 79.9. The quantitative estimate of drug-likeness (QED) is 0.752. The monoisotopic (exact) mass is 300 g/mol. The van der Waals surface area contributed by atoms with E-state index in [0.717, 1.165) is 10.4 Å². The smallest absolute Gasteiger partial charge is 0.325 e. The molecule has 92 valence electrons. The van der Waals surface area contributed by atoms with E-state index in [-0.39, 0.29) is 11.2 Å². The predicted octanol–water partition coefficient (Wildman–Crippen LogP) is 0.348. The van der Waals surface area contributed by atoms with Crippen molar-refractivity contribution in [2.75, 3.05) is 0 Å². The van der Waals surface area contributed by atoms with Crippen LogP contribution in [0, 0.1) is 0 Å². The lowest BCUT2D eigenvalue weighted by Crippen LogP contribution is -2.38. The predicted molar refractivity (Wildman–Crippen MR) is 68.5 cm³/mol. The second-order valence-electron chi connectivity index (χ2n) is 3.78. The first kappa shape index (κ1) is 12.1. The van der Waals surface area contributed by atoms with Crippen LogP contribution in [0.25, 0.3) is 11.2 Å². The van der Waals surface area contributed by atoms with E-state index >= 15 is 0 Å². The van der Waals surface area contributed by atoms with Gasteiger partial charge in [0.25, 0.3) is 5.56 Å². The number of aryl methyl sites for hydroxylation is 2. The van der Waals surface area contributed by atoms with Gasteiger partial charge < -0.3 is 4.57 Å². The molecule has 2 rings (SSSR count). The van der Waals surface area contributed by atoms with Crippen molar-refractivity contribution < 1.29 is 0 Å². The lowest BCUT2D eigenvalue weighted by Gasteiger charge is -2.05. The van der Waals surface area contributed by atoms with Gasteiger partial charge in [-0.15, -0.1) is 0 Å². The number of rotatable bonds is 2. The van der Waals surface area contributed by atoms with Crippen LogP contribution < -0.4 is 11.2 Å². The fourth-order valence-electron chi connectivity index (χ4n) is 1.88. The first-order valence-electron chi connectivity index (χ1n) is 5.24. The van der Waals surface area contributed by atoms with Gasteiger partial charge in [-0.05, 0) is 6.92 Å². The van der Waals surface area contributed by atoms with E-state index in [1.165, 1.54) is 11.6 Å². The largest absolute Gasteiger partial charge is 0.332 e. The molecule has 0 N–H and O–H groups in total. The summed E-state index contributed by atoms with van der Waals surface area (Å²) < 4.78 is 4.34. The Morgan fingerprint density at radius 1 is 1.24 bits per heavy atom. The van der Waals surface area contributed by atoms with Gasteiger partial charge in [-0.1, -0.05) is 15.9 Å². The van der Waals surface area contributed by atoms with Crippen molar-refractivity contribution >= 4 is 27.1 Å². The summed E-state index contributed by atoms with van der Waals surface area (Å²) in [4.78, 5) is 28.3. The summed E-state index contributed by atoms with van der Waals surface area (Å²) in [7, 11) is 3.26. The van der Waals surface area contributed by atoms with Crippen LogP contribution in [0.2, 0.25) is 0 Å². The molecule has 0 bridgehead atoms. The summed E-state index contributed by atoms with van der Waals surface area (Å²) in [6.45, 7) is 2.34. The van der Waals surface area contributed by atoms with E-state index < -0.39 is 0 Å². The van der Waals surface area contributed by atoms with Crippen molar-refractivity contribution in [1.82, 2.24) is 18.7 Å². The molecule has 0 aliphatic rings. The molecule has 0 aliphatic heterocycles. The third kappa shape index (κ3) is 1.56. The van der Waals surface area contributed by atoms with Gasteiger partial charge in [0.1, 0.15) is 5.82 Å². The van der Waals surface area contributed by atoms with Crippen LogP contribution in [-0.4, -0.2) is 18.7 Å². The summed E-state index contributed by atoms with van der Waals surface area (Å²) in [5, 5.41) is 0.541. The normalized spacial score (nSPS) is 11.3. The molecule has 0 atom stereocenters. The molecule has 0 aliphatic carbocycles. The van der Waals surface area contributed by atoms with Crippen molar-refractivity contribution in [2.45, 2.75) is 18.8 Å². The minimum absolute atomic E-state index is 0.308. The molecule has 2 aromatic rings. The molecule has 17 heavy (non-hydrogen) atoms. The maximum Gasteiger partial charge on any atom is 0.332 e. The SMILES string of the molecule is CCn1c(=O)n(C)c(=O)c2c1nc(CBr)n2C. The first-order chi connectivity index (χ1) is 8.02. The van der Waals surface area contributed by atoms with Crippen molar-refractivity contribution in [3.63, 3.8) is 0 Å². The molecule has 0 saturated heterocycles. The molecule has 0 unspecified atom stereocenters.